The van der Waals surface area contributed by atoms with E-state index in [0.29, 0.717) is 50.8 Å². The Morgan fingerprint density at radius 3 is 0.959 bits per heavy atom. The van der Waals surface area contributed by atoms with Gasteiger partial charge in [-0.2, -0.15) is 15.0 Å². The van der Waals surface area contributed by atoms with Gasteiger partial charge in [0, 0.05) is 158 Å². The third-order valence-corrected chi connectivity index (χ3v) is 33.2. The van der Waals surface area contributed by atoms with Crippen molar-refractivity contribution in [1.82, 2.24) is 48.2 Å². The van der Waals surface area contributed by atoms with Crippen LogP contribution in [0.15, 0.2) is 420 Å². The lowest BCUT2D eigenvalue weighted by Gasteiger charge is -2.11. The molecule has 33 rings (SSSR count). The molecular formula is C126H67Cl3N10O3S3. The molecule has 0 spiro atoms. The Labute approximate surface area is 848 Å². The van der Waals surface area contributed by atoms with Gasteiger partial charge in [0.2, 0.25) is 15.9 Å². The number of nitrogens with zero attached hydrogens (tertiary/aromatic N) is 10. The van der Waals surface area contributed by atoms with Crippen molar-refractivity contribution >= 4 is 315 Å². The molecule has 19 heteroatoms. The van der Waals surface area contributed by atoms with Crippen molar-refractivity contribution in [2.24, 2.45) is 0 Å². The second-order valence-electron chi connectivity index (χ2n) is 36.8. The zero-order chi connectivity index (χ0) is 95.2. The van der Waals surface area contributed by atoms with Crippen molar-refractivity contribution in [2.75, 3.05) is 0 Å². The molecule has 20 aromatic carbocycles. The van der Waals surface area contributed by atoms with E-state index in [1.165, 1.54) is 131 Å². The molecular weight excluding hydrogens is 1900 g/mol. The summed E-state index contributed by atoms with van der Waals surface area (Å²) in [4.78, 5) is 28.7. The average molecular weight is 1970 g/mol. The van der Waals surface area contributed by atoms with Crippen LogP contribution in [0.2, 0.25) is 15.9 Å². The van der Waals surface area contributed by atoms with Crippen molar-refractivity contribution in [3.63, 3.8) is 0 Å². The second kappa shape index (κ2) is 31.8. The topological polar surface area (TPSA) is 136 Å². The van der Waals surface area contributed by atoms with Crippen LogP contribution in [0.25, 0.3) is 303 Å². The number of thiophene rings is 3. The first-order valence-electron chi connectivity index (χ1n) is 47.8. The number of para-hydroxylation sites is 6. The van der Waals surface area contributed by atoms with Crippen molar-refractivity contribution < 1.29 is 13.3 Å². The smallest absolute Gasteiger partial charge is 0.225 e. The highest BCUT2D eigenvalue weighted by molar-refractivity contribution is 7.28. The van der Waals surface area contributed by atoms with Gasteiger partial charge in [-0.05, 0) is 177 Å². The summed E-state index contributed by atoms with van der Waals surface area (Å²) in [6.45, 7) is 0. The van der Waals surface area contributed by atoms with Crippen LogP contribution in [0, 0.1) is 0 Å². The molecule has 13 nitrogen and oxygen atoms in total. The molecule has 0 radical (unpaired) electrons. The molecule has 0 unspecified atom stereocenters. The first-order valence-corrected chi connectivity index (χ1v) is 51.4. The summed E-state index contributed by atoms with van der Waals surface area (Å²) in [6.07, 6.45) is 0. The monoisotopic (exact) mass is 1970 g/mol. The molecule has 0 aliphatic heterocycles. The Morgan fingerprint density at radius 2 is 0.497 bits per heavy atom. The number of hydrogen-bond donors (Lipinski definition) is 0. The summed E-state index contributed by atoms with van der Waals surface area (Å²) >= 11 is 25.8. The van der Waals surface area contributed by atoms with E-state index in [-0.39, 0.29) is 15.9 Å². The fourth-order valence-electron chi connectivity index (χ4n) is 23.1. The van der Waals surface area contributed by atoms with Crippen LogP contribution in [-0.2, 0) is 0 Å². The van der Waals surface area contributed by atoms with Gasteiger partial charge in [0.25, 0.3) is 0 Å². The number of aromatic nitrogens is 10. The normalized spacial score (nSPS) is 12.2. The predicted octanol–water partition coefficient (Wildman–Crippen LogP) is 37.0. The minimum atomic E-state index is 0.171. The molecule has 145 heavy (non-hydrogen) atoms. The van der Waals surface area contributed by atoms with E-state index in [4.69, 9.17) is 68.0 Å². The summed E-state index contributed by atoms with van der Waals surface area (Å²) in [7, 11) is 0. The number of rotatable bonds is 7. The first kappa shape index (κ1) is 82.3. The van der Waals surface area contributed by atoms with Crippen LogP contribution in [-0.4, -0.2) is 48.2 Å². The minimum Gasteiger partial charge on any atom is -0.450 e. The van der Waals surface area contributed by atoms with Crippen LogP contribution in [0.4, 0.5) is 0 Å². The Bertz CT molecular complexity index is 11400. The molecule has 0 aliphatic carbocycles. The van der Waals surface area contributed by atoms with E-state index in [1.807, 2.05) is 113 Å². The number of hydrogen-bond acceptors (Lipinski definition) is 12. The molecule has 0 N–H and O–H groups in total. The summed E-state index contributed by atoms with van der Waals surface area (Å²) in [6, 6.07) is 144. The van der Waals surface area contributed by atoms with Crippen molar-refractivity contribution in [2.45, 2.75) is 0 Å². The van der Waals surface area contributed by atoms with Crippen molar-refractivity contribution in [3.8, 4) is 56.5 Å². The molecule has 0 atom stereocenters. The van der Waals surface area contributed by atoms with Crippen LogP contribution in [0.1, 0.15) is 0 Å². The molecule has 13 heterocycles. The Balaban J connectivity index is 0.000000101. The van der Waals surface area contributed by atoms with Crippen molar-refractivity contribution in [3.05, 3.63) is 422 Å². The van der Waals surface area contributed by atoms with Crippen LogP contribution in [0.3, 0.4) is 0 Å². The zero-order valence-corrected chi connectivity index (χ0v) is 81.0. The lowest BCUT2D eigenvalue weighted by atomic mass is 9.97. The highest BCUT2D eigenvalue weighted by Gasteiger charge is 2.32. The van der Waals surface area contributed by atoms with Crippen LogP contribution >= 0.6 is 68.8 Å². The minimum absolute atomic E-state index is 0.171. The maximum Gasteiger partial charge on any atom is 0.225 e. The van der Waals surface area contributed by atoms with Gasteiger partial charge in [0.05, 0.1) is 44.1 Å². The molecule has 0 amide bonds. The lowest BCUT2D eigenvalue weighted by molar-refractivity contribution is 0.662. The summed E-state index contributed by atoms with van der Waals surface area (Å²) in [5, 5.41) is 27.3. The fourth-order valence-corrected chi connectivity index (χ4v) is 27.4. The second-order valence-corrected chi connectivity index (χ2v) is 41.0. The number of benzene rings is 20. The molecule has 0 fully saturated rings. The number of fused-ring (bicyclic) bond motifs is 42. The highest BCUT2D eigenvalue weighted by atomic mass is 35.5. The predicted molar refractivity (Wildman–Crippen MR) is 608 cm³/mol. The number of halogens is 3. The van der Waals surface area contributed by atoms with E-state index < -0.39 is 0 Å². The van der Waals surface area contributed by atoms with Gasteiger partial charge in [-0.25, -0.2) is 15.0 Å². The first-order chi connectivity index (χ1) is 71.7. The maximum absolute atomic E-state index is 6.83. The molecule has 0 saturated carbocycles. The van der Waals surface area contributed by atoms with Crippen LogP contribution in [0.5, 0.6) is 0 Å². The summed E-state index contributed by atoms with van der Waals surface area (Å²) in [5.74, 6) is 1.89. The van der Waals surface area contributed by atoms with E-state index >= 15 is 0 Å². The van der Waals surface area contributed by atoms with Gasteiger partial charge in [-0.1, -0.05) is 297 Å². The van der Waals surface area contributed by atoms with E-state index in [1.54, 1.807) is 0 Å². The molecule has 0 aliphatic rings. The lowest BCUT2D eigenvalue weighted by Crippen LogP contribution is -2.00. The van der Waals surface area contributed by atoms with E-state index in [0.717, 1.165) is 121 Å². The van der Waals surface area contributed by atoms with E-state index in [9.17, 15) is 0 Å². The number of furan rings is 3. The summed E-state index contributed by atoms with van der Waals surface area (Å²) in [5.41, 5.74) is 23.0. The van der Waals surface area contributed by atoms with Crippen molar-refractivity contribution in [1.29, 1.82) is 0 Å². The van der Waals surface area contributed by atoms with Gasteiger partial charge in [0.1, 0.15) is 33.3 Å². The molecule has 13 aromatic heterocycles. The zero-order valence-electron chi connectivity index (χ0n) is 76.2. The van der Waals surface area contributed by atoms with E-state index in [2.05, 4.69) is 356 Å². The highest BCUT2D eigenvalue weighted by Crippen LogP contribution is 2.55. The quantitative estimate of drug-likeness (QED) is 0.143. The van der Waals surface area contributed by atoms with Gasteiger partial charge in [0.15, 0.2) is 34.2 Å². The Kier molecular flexibility index (Phi) is 18.0. The van der Waals surface area contributed by atoms with Crippen LogP contribution < -0.4 is 0 Å². The average Bonchev–Trinajstić information content (AvgIpc) is 1.52. The Morgan fingerprint density at radius 1 is 0.193 bits per heavy atom. The largest absolute Gasteiger partial charge is 0.450 e. The third-order valence-electron chi connectivity index (χ3n) is 29.1. The standard InChI is InChI=1S/C50H27ClN4OS.C44H24ClN3OS.C32H16ClN3OS/c51-50-52-45-34-17-7-10-20-41(34)56-47(45)49(53-50)55-40-25-23-29(28-22-24-39-36(26-28)31-14-6-9-19-38(31)54(39)30-12-2-1-3-13-30)27-37(40)43-44-35-18-8-11-21-42(35)57-48(44)33-16-5-4-15-32(33)46(43)55;45-44-46-39-32-17-9-10-18-35(32)49-41(39)43(47-44)48-34-23-27(25-11-3-1-4-12-25)19-21-31(34)37-38-33-22-20-28(26-13-5-2-6-14-26)24-36(33)50-42(38)30-16-8-7-15-29(30)40(37)48;33-32-34-27-20-12-4-7-15-23(20)37-29(27)31(35-32)36-22-14-6-3-11-19(22)25-26-21-13-5-8-16-24(21)38-30(26)18-10-2-1-9-17(18)28(25)36/h1-27H;1-24H;1-16H. The van der Waals surface area contributed by atoms with Gasteiger partial charge < -0.3 is 17.8 Å². The molecule has 33 aromatic rings. The molecule has 678 valence electrons. The van der Waals surface area contributed by atoms with Gasteiger partial charge in [-0.3, -0.25) is 13.7 Å². The van der Waals surface area contributed by atoms with Gasteiger partial charge in [-0.15, -0.1) is 34.0 Å². The molecule has 0 saturated heterocycles. The molecule has 0 bridgehead atoms. The van der Waals surface area contributed by atoms with Gasteiger partial charge >= 0.3 is 0 Å². The third kappa shape index (κ3) is 12.2. The maximum atomic E-state index is 6.83. The Hall–Kier alpha value is -17.5. The summed E-state index contributed by atoms with van der Waals surface area (Å²) < 4.78 is 36.3. The fraction of sp³-hybridized carbons (Fsp3) is 0. The SMILES string of the molecule is Clc1nc(-n2c3cc(-c4ccccc4)ccc3c3c4c5ccc(-c6ccccc6)cc5sc4c4ccccc4c32)c2oc3ccccc3c2n1.Clc1nc(-n2c3ccc(-c4ccc5c(c4)c4ccccc4n5-c4ccccc4)cc3c3c4c5ccccc5sc4c4ccccc4c32)c2oc3ccccc3c2n1.Clc1nc(-n2c3ccccc3c3c4c5ccccc5sc4c4ccccc4c32)c2oc3ccccc3c2n1.